The van der Waals surface area contributed by atoms with Gasteiger partial charge in [-0.05, 0) is 24.0 Å². The molecule has 3 rings (SSSR count). The monoisotopic (exact) mass is 291 g/mol. The molecule has 1 unspecified atom stereocenters. The van der Waals surface area contributed by atoms with Gasteiger partial charge >= 0.3 is 0 Å². The lowest BCUT2D eigenvalue weighted by Gasteiger charge is -2.43. The largest absolute Gasteiger partial charge is 0.353 e. The second-order valence-electron chi connectivity index (χ2n) is 5.43. The van der Waals surface area contributed by atoms with Gasteiger partial charge in [0.1, 0.15) is 6.04 Å². The molecule has 2 fully saturated rings. The summed E-state index contributed by atoms with van der Waals surface area (Å²) in [5.41, 5.74) is 1.33. The minimum atomic E-state index is 0.0428. The van der Waals surface area contributed by atoms with Crippen LogP contribution in [0.1, 0.15) is 5.56 Å². The SMILES string of the molecule is CSc1cccc(CN2CCN3CCNC(=O)C3C2)c1. The first-order valence-electron chi connectivity index (χ1n) is 7.13. The first kappa shape index (κ1) is 13.9. The average molecular weight is 291 g/mol. The zero-order valence-corrected chi connectivity index (χ0v) is 12.7. The Bertz CT molecular complexity index is 494. The van der Waals surface area contributed by atoms with Gasteiger partial charge in [-0.15, -0.1) is 11.8 Å². The Morgan fingerprint density at radius 3 is 3.10 bits per heavy atom. The molecule has 4 nitrogen and oxygen atoms in total. The van der Waals surface area contributed by atoms with E-state index in [1.807, 2.05) is 0 Å². The lowest BCUT2D eigenvalue weighted by molar-refractivity contribution is -0.131. The molecular weight excluding hydrogens is 270 g/mol. The second-order valence-corrected chi connectivity index (χ2v) is 6.31. The van der Waals surface area contributed by atoms with E-state index in [1.54, 1.807) is 11.8 Å². The first-order chi connectivity index (χ1) is 9.76. The van der Waals surface area contributed by atoms with Crippen LogP contribution in [0.5, 0.6) is 0 Å². The number of rotatable bonds is 3. The van der Waals surface area contributed by atoms with E-state index in [2.05, 4.69) is 45.6 Å². The normalized spacial score (nSPS) is 24.2. The summed E-state index contributed by atoms with van der Waals surface area (Å²) < 4.78 is 0. The molecule has 1 amide bonds. The molecule has 2 aliphatic rings. The first-order valence-corrected chi connectivity index (χ1v) is 8.36. The number of benzene rings is 1. The molecule has 0 aliphatic carbocycles. The maximum atomic E-state index is 11.9. The summed E-state index contributed by atoms with van der Waals surface area (Å²) >= 11 is 1.77. The molecule has 5 heteroatoms. The van der Waals surface area contributed by atoms with Crippen LogP contribution >= 0.6 is 11.8 Å². The Kier molecular flexibility index (Phi) is 4.29. The molecule has 2 heterocycles. The molecule has 0 radical (unpaired) electrons. The lowest BCUT2D eigenvalue weighted by Crippen LogP contribution is -2.63. The number of carbonyl (C=O) groups excluding carboxylic acids is 1. The fourth-order valence-corrected chi connectivity index (χ4v) is 3.49. The van der Waals surface area contributed by atoms with E-state index < -0.39 is 0 Å². The van der Waals surface area contributed by atoms with Crippen LogP contribution < -0.4 is 5.32 Å². The Labute approximate surface area is 124 Å². The summed E-state index contributed by atoms with van der Waals surface area (Å²) in [7, 11) is 0. The van der Waals surface area contributed by atoms with Gasteiger partial charge in [-0.1, -0.05) is 12.1 Å². The van der Waals surface area contributed by atoms with Crippen LogP contribution in [0.4, 0.5) is 0 Å². The molecule has 2 aliphatic heterocycles. The van der Waals surface area contributed by atoms with Crippen LogP contribution in [0.2, 0.25) is 0 Å². The smallest absolute Gasteiger partial charge is 0.238 e. The van der Waals surface area contributed by atoms with E-state index in [1.165, 1.54) is 10.5 Å². The number of carbonyl (C=O) groups is 1. The van der Waals surface area contributed by atoms with Crippen LogP contribution in [-0.4, -0.2) is 60.7 Å². The van der Waals surface area contributed by atoms with Crippen LogP contribution in [-0.2, 0) is 11.3 Å². The third-order valence-electron chi connectivity index (χ3n) is 4.12. The van der Waals surface area contributed by atoms with Crippen molar-refractivity contribution >= 4 is 17.7 Å². The molecule has 0 saturated carbocycles. The van der Waals surface area contributed by atoms with Crippen molar-refractivity contribution in [2.24, 2.45) is 0 Å². The molecule has 1 aromatic carbocycles. The van der Waals surface area contributed by atoms with Crippen molar-refractivity contribution < 1.29 is 4.79 Å². The number of thioether (sulfide) groups is 1. The summed E-state index contributed by atoms with van der Waals surface area (Å²) in [4.78, 5) is 18.0. The summed E-state index contributed by atoms with van der Waals surface area (Å²) in [5, 5.41) is 2.97. The summed E-state index contributed by atoms with van der Waals surface area (Å²) in [6.07, 6.45) is 2.10. The fraction of sp³-hybridized carbons (Fsp3) is 0.533. The Morgan fingerprint density at radius 1 is 1.35 bits per heavy atom. The van der Waals surface area contributed by atoms with Crippen molar-refractivity contribution in [1.29, 1.82) is 0 Å². The third-order valence-corrected chi connectivity index (χ3v) is 4.84. The molecule has 2 saturated heterocycles. The minimum absolute atomic E-state index is 0.0428. The summed E-state index contributed by atoms with van der Waals surface area (Å²) in [6.45, 7) is 5.62. The molecule has 1 N–H and O–H groups in total. The standard InChI is InChI=1S/C15H21N3OS/c1-20-13-4-2-3-12(9-13)10-17-7-8-18-6-5-16-15(19)14(18)11-17/h2-4,9,14H,5-8,10-11H2,1H3,(H,16,19). The summed E-state index contributed by atoms with van der Waals surface area (Å²) in [5.74, 6) is 0.193. The maximum absolute atomic E-state index is 11.9. The lowest BCUT2D eigenvalue weighted by atomic mass is 10.1. The van der Waals surface area contributed by atoms with E-state index in [0.29, 0.717) is 0 Å². The highest BCUT2D eigenvalue weighted by Crippen LogP contribution is 2.19. The van der Waals surface area contributed by atoms with E-state index in [-0.39, 0.29) is 11.9 Å². The van der Waals surface area contributed by atoms with Crippen molar-refractivity contribution in [3.8, 4) is 0 Å². The minimum Gasteiger partial charge on any atom is -0.353 e. The number of amides is 1. The molecule has 0 bridgehead atoms. The average Bonchev–Trinajstić information content (AvgIpc) is 2.48. The topological polar surface area (TPSA) is 35.6 Å². The number of nitrogens with one attached hydrogen (secondary N) is 1. The molecule has 20 heavy (non-hydrogen) atoms. The van der Waals surface area contributed by atoms with E-state index in [9.17, 15) is 4.79 Å². The van der Waals surface area contributed by atoms with Crippen molar-refractivity contribution in [2.75, 3.05) is 39.0 Å². The van der Waals surface area contributed by atoms with Gasteiger partial charge in [0.25, 0.3) is 0 Å². The van der Waals surface area contributed by atoms with Crippen molar-refractivity contribution in [1.82, 2.24) is 15.1 Å². The Morgan fingerprint density at radius 2 is 2.25 bits per heavy atom. The van der Waals surface area contributed by atoms with E-state index >= 15 is 0 Å². The maximum Gasteiger partial charge on any atom is 0.238 e. The number of hydrogen-bond acceptors (Lipinski definition) is 4. The molecule has 0 spiro atoms. The highest BCUT2D eigenvalue weighted by molar-refractivity contribution is 7.98. The number of nitrogens with zero attached hydrogens (tertiary/aromatic N) is 2. The molecule has 108 valence electrons. The van der Waals surface area contributed by atoms with Crippen molar-refractivity contribution in [2.45, 2.75) is 17.5 Å². The predicted molar refractivity (Wildman–Crippen MR) is 81.9 cm³/mol. The summed E-state index contributed by atoms with van der Waals surface area (Å²) in [6, 6.07) is 8.72. The third kappa shape index (κ3) is 3.00. The van der Waals surface area contributed by atoms with E-state index in [4.69, 9.17) is 0 Å². The van der Waals surface area contributed by atoms with Gasteiger partial charge in [0.05, 0.1) is 0 Å². The van der Waals surface area contributed by atoms with Crippen LogP contribution in [0.25, 0.3) is 0 Å². The van der Waals surface area contributed by atoms with Crippen LogP contribution in [0, 0.1) is 0 Å². The van der Waals surface area contributed by atoms with Crippen LogP contribution in [0.15, 0.2) is 29.2 Å². The number of fused-ring (bicyclic) bond motifs is 1. The molecule has 1 atom stereocenters. The zero-order valence-electron chi connectivity index (χ0n) is 11.8. The number of hydrogen-bond donors (Lipinski definition) is 1. The zero-order chi connectivity index (χ0) is 13.9. The van der Waals surface area contributed by atoms with Gasteiger partial charge < -0.3 is 5.32 Å². The molecule has 0 aromatic heterocycles. The van der Waals surface area contributed by atoms with Crippen molar-refractivity contribution in [3.63, 3.8) is 0 Å². The predicted octanol–water partition coefficient (Wildman–Crippen LogP) is 1.02. The van der Waals surface area contributed by atoms with Gasteiger partial charge in [0, 0.05) is 44.2 Å². The van der Waals surface area contributed by atoms with Gasteiger partial charge in [-0.3, -0.25) is 14.6 Å². The van der Waals surface area contributed by atoms with Crippen molar-refractivity contribution in [3.05, 3.63) is 29.8 Å². The Hall–Kier alpha value is -1.04. The van der Waals surface area contributed by atoms with E-state index in [0.717, 1.165) is 39.3 Å². The Balaban J connectivity index is 1.65. The second kappa shape index (κ2) is 6.16. The fourth-order valence-electron chi connectivity index (χ4n) is 3.01. The van der Waals surface area contributed by atoms with Crippen LogP contribution in [0.3, 0.4) is 0 Å². The molecular formula is C15H21N3OS. The highest BCUT2D eigenvalue weighted by atomic mass is 32.2. The molecule has 1 aromatic rings. The van der Waals surface area contributed by atoms with Gasteiger partial charge in [0.2, 0.25) is 5.91 Å². The van der Waals surface area contributed by atoms with Gasteiger partial charge in [0.15, 0.2) is 0 Å². The number of piperazine rings is 2. The van der Waals surface area contributed by atoms with Gasteiger partial charge in [-0.2, -0.15) is 0 Å². The highest BCUT2D eigenvalue weighted by Gasteiger charge is 2.34. The van der Waals surface area contributed by atoms with Gasteiger partial charge in [-0.25, -0.2) is 0 Å². The quantitative estimate of drug-likeness (QED) is 0.844.